The Balaban J connectivity index is 2.74. The highest BCUT2D eigenvalue weighted by Crippen LogP contribution is 2.60. The molecule has 5 nitrogen and oxygen atoms in total. The summed E-state index contributed by atoms with van der Waals surface area (Å²) < 4.78 is 38.2. The average Bonchev–Trinajstić information content (AvgIpc) is 2.35. The summed E-state index contributed by atoms with van der Waals surface area (Å²) >= 11 is 2.86. The van der Waals surface area contributed by atoms with Crippen molar-refractivity contribution in [1.29, 1.82) is 0 Å². The van der Waals surface area contributed by atoms with E-state index in [0.29, 0.717) is 11.7 Å². The molecule has 0 radical (unpaired) electrons. The first kappa shape index (κ1) is 15.2. The number of aromatic nitrogens is 1. The number of fused-ring (bicyclic) bond motifs is 1. The summed E-state index contributed by atoms with van der Waals surface area (Å²) in [5.74, 6) is 0. The van der Waals surface area contributed by atoms with Gasteiger partial charge in [0.15, 0.2) is 6.29 Å². The Morgan fingerprint density at radius 1 is 1.30 bits per heavy atom. The highest BCUT2D eigenvalue weighted by atomic mass is 79.9. The van der Waals surface area contributed by atoms with E-state index in [1.165, 1.54) is 18.2 Å². The third-order valence-electron chi connectivity index (χ3n) is 2.61. The number of pyridine rings is 1. The molecule has 0 atom stereocenters. The minimum absolute atomic E-state index is 0.0327. The molecule has 0 amide bonds. The molecule has 2 N–H and O–H groups in total. The predicted molar refractivity (Wildman–Crippen MR) is 70.8 cm³/mol. The topological polar surface area (TPSA) is 87.5 Å². The molecule has 9 heteroatoms. The fourth-order valence-electron chi connectivity index (χ4n) is 1.61. The maximum Gasteiger partial charge on any atom is 0.399 e. The van der Waals surface area contributed by atoms with Gasteiger partial charge in [0.1, 0.15) is 5.69 Å². The van der Waals surface area contributed by atoms with Gasteiger partial charge in [-0.15, -0.1) is 0 Å². The third kappa shape index (κ3) is 2.52. The summed E-state index contributed by atoms with van der Waals surface area (Å²) in [6.45, 7) is 0. The first-order chi connectivity index (χ1) is 9.16. The number of benzene rings is 1. The van der Waals surface area contributed by atoms with Gasteiger partial charge in [-0.2, -0.15) is 8.78 Å². The van der Waals surface area contributed by atoms with Crippen molar-refractivity contribution >= 4 is 40.7 Å². The fraction of sp³-hybridized carbons (Fsp3) is 0.0909. The standard InChI is InChI=1S/C11H7BrF2NO4P/c12-9-3-6-1-2-7(5-16)15-10(6)4-8(9)11(13,14)20(17,18)19/h1-5H,(H2,17,18,19). The van der Waals surface area contributed by atoms with E-state index >= 15 is 0 Å². The van der Waals surface area contributed by atoms with Crippen molar-refractivity contribution in [3.05, 3.63) is 40.0 Å². The second kappa shape index (κ2) is 4.96. The van der Waals surface area contributed by atoms with E-state index in [4.69, 9.17) is 9.79 Å². The molecule has 0 saturated carbocycles. The summed E-state index contributed by atoms with van der Waals surface area (Å²) in [6, 6.07) is 5.01. The van der Waals surface area contributed by atoms with Crippen LogP contribution < -0.4 is 0 Å². The smallest absolute Gasteiger partial charge is 0.320 e. The summed E-state index contributed by atoms with van der Waals surface area (Å²) in [5.41, 5.74) is -5.15. The lowest BCUT2D eigenvalue weighted by Crippen LogP contribution is -2.14. The lowest BCUT2D eigenvalue weighted by atomic mass is 10.1. The van der Waals surface area contributed by atoms with E-state index in [9.17, 15) is 18.1 Å². The lowest BCUT2D eigenvalue weighted by Gasteiger charge is -2.19. The van der Waals surface area contributed by atoms with Crippen LogP contribution >= 0.6 is 23.5 Å². The maximum absolute atomic E-state index is 13.7. The molecule has 0 fully saturated rings. The van der Waals surface area contributed by atoms with Gasteiger partial charge in [-0.3, -0.25) is 9.36 Å². The lowest BCUT2D eigenvalue weighted by molar-refractivity contribution is 0.0558. The molecule has 2 aromatic rings. The van der Waals surface area contributed by atoms with Gasteiger partial charge in [-0.25, -0.2) is 4.98 Å². The Morgan fingerprint density at radius 2 is 1.95 bits per heavy atom. The summed E-state index contributed by atoms with van der Waals surface area (Å²) in [6.07, 6.45) is 0.447. The van der Waals surface area contributed by atoms with E-state index in [-0.39, 0.29) is 15.7 Å². The quantitative estimate of drug-likeness (QED) is 0.644. The molecule has 0 bridgehead atoms. The van der Waals surface area contributed by atoms with Gasteiger partial charge < -0.3 is 9.79 Å². The van der Waals surface area contributed by atoms with Crippen molar-refractivity contribution < 1.29 is 27.9 Å². The Bertz CT molecular complexity index is 747. The second-order valence-electron chi connectivity index (χ2n) is 3.96. The summed E-state index contributed by atoms with van der Waals surface area (Å²) in [4.78, 5) is 31.9. The molecule has 0 aliphatic heterocycles. The van der Waals surface area contributed by atoms with Crippen LogP contribution in [0.1, 0.15) is 16.1 Å². The van der Waals surface area contributed by atoms with E-state index < -0.39 is 18.8 Å². The predicted octanol–water partition coefficient (Wildman–Crippen LogP) is 3.04. The largest absolute Gasteiger partial charge is 0.399 e. The van der Waals surface area contributed by atoms with Gasteiger partial charge in [0.25, 0.3) is 0 Å². The molecule has 106 valence electrons. The number of hydrogen-bond donors (Lipinski definition) is 2. The van der Waals surface area contributed by atoms with Gasteiger partial charge in [-0.1, -0.05) is 22.0 Å². The Kier molecular flexibility index (Phi) is 3.77. The second-order valence-corrected chi connectivity index (χ2v) is 6.47. The van der Waals surface area contributed by atoms with Crippen molar-refractivity contribution in [1.82, 2.24) is 4.98 Å². The van der Waals surface area contributed by atoms with Crippen molar-refractivity contribution in [2.45, 2.75) is 5.66 Å². The number of carbonyl (C=O) groups excluding carboxylic acids is 1. The van der Waals surface area contributed by atoms with Crippen molar-refractivity contribution in [3.8, 4) is 0 Å². The van der Waals surface area contributed by atoms with Crippen molar-refractivity contribution in [3.63, 3.8) is 0 Å². The van der Waals surface area contributed by atoms with Crippen molar-refractivity contribution in [2.75, 3.05) is 0 Å². The summed E-state index contributed by atoms with van der Waals surface area (Å²) in [5, 5.41) is 0.452. The van der Waals surface area contributed by atoms with Crippen molar-refractivity contribution in [2.24, 2.45) is 0 Å². The molecule has 1 heterocycles. The van der Waals surface area contributed by atoms with Crippen LogP contribution in [-0.4, -0.2) is 21.1 Å². The first-order valence-corrected chi connectivity index (χ1v) is 7.57. The first-order valence-electron chi connectivity index (χ1n) is 5.16. The van der Waals surface area contributed by atoms with Gasteiger partial charge in [0.05, 0.1) is 5.52 Å². The molecule has 1 aromatic carbocycles. The molecule has 0 aliphatic rings. The van der Waals surface area contributed by atoms with Crippen LogP contribution in [-0.2, 0) is 10.2 Å². The summed E-state index contributed by atoms with van der Waals surface area (Å²) in [7, 11) is -5.67. The zero-order valence-corrected chi connectivity index (χ0v) is 12.1. The number of nitrogens with zero attached hydrogens (tertiary/aromatic N) is 1. The molecule has 0 unspecified atom stereocenters. The van der Waals surface area contributed by atoms with Gasteiger partial charge in [0.2, 0.25) is 0 Å². The SMILES string of the molecule is O=Cc1ccc2cc(Br)c(C(F)(F)P(=O)(O)O)cc2n1. The fourth-order valence-corrected chi connectivity index (χ4v) is 2.87. The number of alkyl halides is 2. The number of aldehydes is 1. The minimum Gasteiger partial charge on any atom is -0.320 e. The van der Waals surface area contributed by atoms with Gasteiger partial charge >= 0.3 is 13.3 Å². The normalized spacial score (nSPS) is 12.7. The van der Waals surface area contributed by atoms with Gasteiger partial charge in [-0.05, 0) is 18.2 Å². The Labute approximate surface area is 119 Å². The Hall–Kier alpha value is -1.21. The highest BCUT2D eigenvalue weighted by molar-refractivity contribution is 9.10. The number of halogens is 3. The molecular weight excluding hydrogens is 359 g/mol. The monoisotopic (exact) mass is 365 g/mol. The molecule has 20 heavy (non-hydrogen) atoms. The number of rotatable bonds is 3. The highest BCUT2D eigenvalue weighted by Gasteiger charge is 2.51. The number of carbonyl (C=O) groups is 1. The van der Waals surface area contributed by atoms with E-state index in [1.54, 1.807) is 0 Å². The van der Waals surface area contributed by atoms with E-state index in [0.717, 1.165) is 6.07 Å². The average molecular weight is 366 g/mol. The maximum atomic E-state index is 13.7. The van der Waals surface area contributed by atoms with Crippen LogP contribution in [0, 0.1) is 0 Å². The van der Waals surface area contributed by atoms with Crippen LogP contribution in [0.25, 0.3) is 10.9 Å². The van der Waals surface area contributed by atoms with Crippen LogP contribution in [0.4, 0.5) is 8.78 Å². The van der Waals surface area contributed by atoms with Gasteiger partial charge in [0, 0.05) is 15.4 Å². The minimum atomic E-state index is -5.67. The van der Waals surface area contributed by atoms with E-state index in [2.05, 4.69) is 20.9 Å². The van der Waals surface area contributed by atoms with Crippen LogP contribution in [0.15, 0.2) is 28.7 Å². The number of hydrogen-bond acceptors (Lipinski definition) is 3. The zero-order valence-electron chi connectivity index (χ0n) is 9.63. The molecule has 1 aromatic heterocycles. The molecule has 2 rings (SSSR count). The molecule has 0 aliphatic carbocycles. The van der Waals surface area contributed by atoms with Crippen LogP contribution in [0.2, 0.25) is 0 Å². The van der Waals surface area contributed by atoms with Crippen LogP contribution in [0.5, 0.6) is 0 Å². The van der Waals surface area contributed by atoms with Crippen LogP contribution in [0.3, 0.4) is 0 Å². The van der Waals surface area contributed by atoms with E-state index in [1.807, 2.05) is 0 Å². The zero-order chi connectivity index (χ0) is 15.1. The molecule has 0 spiro atoms. The molecular formula is C11H7BrF2NO4P. The Morgan fingerprint density at radius 3 is 2.50 bits per heavy atom. The molecule has 0 saturated heterocycles. The third-order valence-corrected chi connectivity index (χ3v) is 4.24.